The largest absolute Gasteiger partial charge is 0.494 e. The highest BCUT2D eigenvalue weighted by Crippen LogP contribution is 2.30. The molecule has 0 radical (unpaired) electrons. The number of aromatic hydroxyl groups is 2. The highest BCUT2D eigenvalue weighted by Gasteiger charge is 2.31. The minimum absolute atomic E-state index is 0.0749. The number of carbonyl (C=O) groups is 3. The number of Topliss-reactive ketones (excluding diaryl/α,β-unsaturated/α-hetero) is 1. The van der Waals surface area contributed by atoms with Crippen LogP contribution in [0.3, 0.4) is 0 Å². The lowest BCUT2D eigenvalue weighted by Gasteiger charge is -2.24. The molecule has 0 fully saturated rings. The molecule has 0 bridgehead atoms. The topological polar surface area (TPSA) is 132 Å². The summed E-state index contributed by atoms with van der Waals surface area (Å²) in [5.41, 5.74) is 1.52. The maximum absolute atomic E-state index is 13.2. The number of nitrogens with one attached hydrogen (secondary N) is 3. The molecule has 2 aromatic carbocycles. The van der Waals surface area contributed by atoms with Gasteiger partial charge in [0.05, 0.1) is 24.1 Å². The van der Waals surface area contributed by atoms with Crippen LogP contribution < -0.4 is 10.6 Å². The van der Waals surface area contributed by atoms with Crippen molar-refractivity contribution in [3.63, 3.8) is 0 Å². The molecular weight excluding hydrogens is 494 g/mol. The van der Waals surface area contributed by atoms with Gasteiger partial charge in [-0.25, -0.2) is 0 Å². The zero-order valence-corrected chi connectivity index (χ0v) is 21.5. The number of rotatable bonds is 10. The van der Waals surface area contributed by atoms with Gasteiger partial charge in [0.25, 0.3) is 0 Å². The summed E-state index contributed by atoms with van der Waals surface area (Å²) in [6.07, 6.45) is 2.81. The summed E-state index contributed by atoms with van der Waals surface area (Å²) in [6.45, 7) is 5.02. The van der Waals surface area contributed by atoms with Gasteiger partial charge in [0, 0.05) is 16.7 Å². The van der Waals surface area contributed by atoms with E-state index in [-0.39, 0.29) is 29.3 Å². The van der Waals surface area contributed by atoms with Gasteiger partial charge >= 0.3 is 0 Å². The van der Waals surface area contributed by atoms with Crippen LogP contribution in [-0.2, 0) is 9.59 Å². The number of ketones is 1. The molecule has 8 nitrogen and oxygen atoms in total. The summed E-state index contributed by atoms with van der Waals surface area (Å²) >= 11 is 6.15. The third-order valence-electron chi connectivity index (χ3n) is 5.94. The van der Waals surface area contributed by atoms with Gasteiger partial charge in [-0.1, -0.05) is 74.0 Å². The third kappa shape index (κ3) is 7.01. The molecule has 1 aromatic heterocycles. The van der Waals surface area contributed by atoms with E-state index >= 15 is 0 Å². The molecule has 0 aliphatic carbocycles. The Labute approximate surface area is 220 Å². The second-order valence-corrected chi connectivity index (χ2v) is 9.41. The second-order valence-electron chi connectivity index (χ2n) is 9.01. The van der Waals surface area contributed by atoms with E-state index in [1.807, 2.05) is 12.1 Å². The maximum Gasteiger partial charge on any atom is 0.244 e. The van der Waals surface area contributed by atoms with E-state index in [1.165, 1.54) is 13.0 Å². The van der Waals surface area contributed by atoms with Crippen molar-refractivity contribution in [2.45, 2.75) is 39.3 Å². The first-order chi connectivity index (χ1) is 17.6. The molecule has 5 N–H and O–H groups in total. The van der Waals surface area contributed by atoms with Gasteiger partial charge in [-0.15, -0.1) is 0 Å². The summed E-state index contributed by atoms with van der Waals surface area (Å²) in [7, 11) is 0. The van der Waals surface area contributed by atoms with Crippen molar-refractivity contribution in [2.75, 3.05) is 0 Å². The Bertz CT molecular complexity index is 1300. The van der Waals surface area contributed by atoms with Crippen molar-refractivity contribution in [1.29, 1.82) is 0 Å². The van der Waals surface area contributed by atoms with E-state index in [2.05, 4.69) is 15.6 Å². The van der Waals surface area contributed by atoms with Gasteiger partial charge in [-0.05, 0) is 36.1 Å². The normalized spacial score (nSPS) is 12.9. The molecule has 0 unspecified atom stereocenters. The Morgan fingerprint density at radius 2 is 1.62 bits per heavy atom. The molecule has 37 heavy (non-hydrogen) atoms. The van der Waals surface area contributed by atoms with Gasteiger partial charge in [0.2, 0.25) is 17.7 Å². The lowest BCUT2D eigenvalue weighted by atomic mass is 9.93. The van der Waals surface area contributed by atoms with E-state index in [4.69, 9.17) is 11.6 Å². The van der Waals surface area contributed by atoms with Crippen LogP contribution in [-0.4, -0.2) is 38.8 Å². The number of H-pyrrole nitrogens is 1. The fraction of sp³-hybridized carbons (Fsp3) is 0.250. The minimum atomic E-state index is -0.959. The first kappa shape index (κ1) is 27.5. The van der Waals surface area contributed by atoms with Crippen LogP contribution in [0.1, 0.15) is 53.4 Å². The highest BCUT2D eigenvalue weighted by molar-refractivity contribution is 6.32. The van der Waals surface area contributed by atoms with E-state index < -0.39 is 35.6 Å². The van der Waals surface area contributed by atoms with Crippen molar-refractivity contribution in [3.8, 4) is 11.8 Å². The van der Waals surface area contributed by atoms with Gasteiger partial charge in [0.1, 0.15) is 0 Å². The Morgan fingerprint density at radius 1 is 0.973 bits per heavy atom. The monoisotopic (exact) mass is 523 g/mol. The van der Waals surface area contributed by atoms with Crippen LogP contribution in [0.4, 0.5) is 0 Å². The zero-order valence-electron chi connectivity index (χ0n) is 20.8. The van der Waals surface area contributed by atoms with Gasteiger partial charge in [0.15, 0.2) is 11.7 Å². The number of carbonyl (C=O) groups excluding carboxylic acids is 3. The number of halogens is 1. The van der Waals surface area contributed by atoms with Crippen LogP contribution >= 0.6 is 11.6 Å². The Balaban J connectivity index is 1.76. The molecule has 2 amide bonds. The highest BCUT2D eigenvalue weighted by atomic mass is 35.5. The number of benzene rings is 2. The number of aromatic nitrogens is 1. The van der Waals surface area contributed by atoms with Crippen molar-refractivity contribution < 1.29 is 24.6 Å². The number of aromatic amines is 1. The van der Waals surface area contributed by atoms with Crippen LogP contribution in [0, 0.1) is 12.8 Å². The molecule has 0 aliphatic rings. The molecule has 9 heteroatoms. The first-order valence-corrected chi connectivity index (χ1v) is 12.2. The molecular formula is C28H30ClN3O5. The number of hydrogen-bond donors (Lipinski definition) is 5. The zero-order chi connectivity index (χ0) is 27.1. The van der Waals surface area contributed by atoms with Crippen molar-refractivity contribution in [2.24, 2.45) is 5.92 Å². The summed E-state index contributed by atoms with van der Waals surface area (Å²) in [6, 6.07) is 14.5. The van der Waals surface area contributed by atoms with Crippen LogP contribution in [0.25, 0.3) is 6.08 Å². The predicted molar refractivity (Wildman–Crippen MR) is 142 cm³/mol. The fourth-order valence-corrected chi connectivity index (χ4v) is 4.11. The number of hydrogen-bond acceptors (Lipinski definition) is 5. The third-order valence-corrected chi connectivity index (χ3v) is 6.29. The Kier molecular flexibility index (Phi) is 9.14. The molecule has 3 rings (SSSR count). The van der Waals surface area contributed by atoms with E-state index in [0.717, 1.165) is 0 Å². The van der Waals surface area contributed by atoms with Crippen LogP contribution in [0.2, 0.25) is 5.02 Å². The molecule has 3 aromatic rings. The van der Waals surface area contributed by atoms with Crippen molar-refractivity contribution in [3.05, 3.63) is 87.9 Å². The second kappa shape index (κ2) is 12.3. The summed E-state index contributed by atoms with van der Waals surface area (Å²) < 4.78 is 0. The van der Waals surface area contributed by atoms with Gasteiger partial charge in [-0.3, -0.25) is 19.4 Å². The standard InChI is InChI=1S/C28H30ClN3O5/c1-16(2)25(26(35)24-17(3)27(36)32-28(24)37)31-23(34)15-21(19-10-5-4-6-11-19)30-22(33)14-13-18-9-7-8-12-20(18)29/h4-14,16,21,25,32,36-37H,15H2,1-3H3,(H,30,33)(H,31,34)/t21-,25-/m0/s1. The quantitative estimate of drug-likeness (QED) is 0.194. The average molecular weight is 524 g/mol. The van der Waals surface area contributed by atoms with Gasteiger partial charge < -0.3 is 20.8 Å². The average Bonchev–Trinajstić information content (AvgIpc) is 3.12. The van der Waals surface area contributed by atoms with E-state index in [9.17, 15) is 24.6 Å². The fourth-order valence-electron chi connectivity index (χ4n) is 3.91. The number of amides is 2. The maximum atomic E-state index is 13.2. The lowest BCUT2D eigenvalue weighted by molar-refractivity contribution is -0.123. The van der Waals surface area contributed by atoms with E-state index in [0.29, 0.717) is 16.1 Å². The SMILES string of the molecule is Cc1c(O)[nH]c(O)c1C(=O)[C@@H](NC(=O)C[C@H](NC(=O)C=Cc1ccccc1Cl)c1ccccc1)C(C)C. The van der Waals surface area contributed by atoms with Crippen LogP contribution in [0.5, 0.6) is 11.8 Å². The molecule has 0 saturated heterocycles. The molecule has 1 heterocycles. The summed E-state index contributed by atoms with van der Waals surface area (Å²) in [5.74, 6) is -2.49. The molecule has 0 aliphatic heterocycles. The molecule has 0 saturated carbocycles. The Morgan fingerprint density at radius 3 is 2.22 bits per heavy atom. The molecule has 0 spiro atoms. The van der Waals surface area contributed by atoms with Crippen molar-refractivity contribution >= 4 is 35.3 Å². The Hall–Kier alpha value is -4.04. The molecule has 2 atom stereocenters. The van der Waals surface area contributed by atoms with Crippen molar-refractivity contribution in [1.82, 2.24) is 15.6 Å². The first-order valence-electron chi connectivity index (χ1n) is 11.8. The lowest BCUT2D eigenvalue weighted by Crippen LogP contribution is -2.45. The summed E-state index contributed by atoms with van der Waals surface area (Å²) in [5, 5.41) is 26.0. The summed E-state index contributed by atoms with van der Waals surface area (Å²) in [4.78, 5) is 41.3. The smallest absolute Gasteiger partial charge is 0.244 e. The minimum Gasteiger partial charge on any atom is -0.494 e. The molecule has 194 valence electrons. The predicted octanol–water partition coefficient (Wildman–Crippen LogP) is 4.67. The van der Waals surface area contributed by atoms with Crippen LogP contribution in [0.15, 0.2) is 60.7 Å². The van der Waals surface area contributed by atoms with Gasteiger partial charge in [-0.2, -0.15) is 0 Å². The van der Waals surface area contributed by atoms with E-state index in [1.54, 1.807) is 62.4 Å².